The molecule has 2 nitrogen and oxygen atoms in total. The summed E-state index contributed by atoms with van der Waals surface area (Å²) < 4.78 is 0. The Morgan fingerprint density at radius 1 is 1.24 bits per heavy atom. The first kappa shape index (κ1) is 16.5. The lowest BCUT2D eigenvalue weighted by Crippen LogP contribution is -2.54. The van der Waals surface area contributed by atoms with Crippen LogP contribution in [-0.4, -0.2) is 17.3 Å². The molecule has 1 atom stereocenters. The van der Waals surface area contributed by atoms with E-state index >= 15 is 0 Å². The Bertz CT molecular complexity index is 430. The van der Waals surface area contributed by atoms with Gasteiger partial charge in [0.05, 0.1) is 5.60 Å². The van der Waals surface area contributed by atoms with Gasteiger partial charge in [0.2, 0.25) is 0 Å². The molecule has 0 amide bonds. The number of nitrogens with two attached hydrogens (primary N) is 1. The number of hydrogen-bond donors (Lipinski definition) is 2. The first-order valence-corrected chi connectivity index (χ1v) is 8.36. The minimum absolute atomic E-state index is 0.131. The molecule has 0 saturated heterocycles. The number of aliphatic hydroxyl groups is 1. The normalized spacial score (nSPS) is 29.3. The summed E-state index contributed by atoms with van der Waals surface area (Å²) in [6.45, 7) is 7.19. The van der Waals surface area contributed by atoms with Crippen LogP contribution < -0.4 is 5.73 Å². The zero-order valence-electron chi connectivity index (χ0n) is 13.8. The van der Waals surface area contributed by atoms with Crippen LogP contribution in [0.1, 0.15) is 52.0 Å². The van der Waals surface area contributed by atoms with E-state index in [1.165, 1.54) is 18.4 Å². The van der Waals surface area contributed by atoms with Crippen molar-refractivity contribution in [3.8, 4) is 0 Å². The van der Waals surface area contributed by atoms with Crippen molar-refractivity contribution in [3.05, 3.63) is 35.9 Å². The van der Waals surface area contributed by atoms with E-state index in [-0.39, 0.29) is 5.41 Å². The largest absolute Gasteiger partial charge is 0.389 e. The molecule has 1 unspecified atom stereocenters. The average Bonchev–Trinajstić information content (AvgIpc) is 2.47. The number of hydrogen-bond acceptors (Lipinski definition) is 2. The summed E-state index contributed by atoms with van der Waals surface area (Å²) in [5.74, 6) is 1.53. The van der Waals surface area contributed by atoms with Gasteiger partial charge in [-0.25, -0.2) is 0 Å². The van der Waals surface area contributed by atoms with Crippen LogP contribution in [0.15, 0.2) is 30.3 Å². The summed E-state index contributed by atoms with van der Waals surface area (Å²) in [6.07, 6.45) is 5.18. The molecule has 3 N–H and O–H groups in total. The van der Waals surface area contributed by atoms with E-state index in [1.807, 2.05) is 25.1 Å². The lowest BCUT2D eigenvalue weighted by atomic mass is 9.59. The summed E-state index contributed by atoms with van der Waals surface area (Å²) in [7, 11) is 0. The van der Waals surface area contributed by atoms with Crippen LogP contribution in [0.25, 0.3) is 0 Å². The SMILES string of the molecule is CC(C)C1CCC(CN)(C(C)(O)Cc2ccccc2)CC1. The maximum atomic E-state index is 11.2. The first-order chi connectivity index (χ1) is 9.90. The zero-order chi connectivity index (χ0) is 15.5. The van der Waals surface area contributed by atoms with E-state index < -0.39 is 5.60 Å². The molecule has 1 aromatic rings. The fraction of sp³-hybridized carbons (Fsp3) is 0.684. The molecular weight excluding hydrogens is 258 g/mol. The predicted molar refractivity (Wildman–Crippen MR) is 89.1 cm³/mol. The van der Waals surface area contributed by atoms with Crippen molar-refractivity contribution in [2.24, 2.45) is 23.0 Å². The lowest BCUT2D eigenvalue weighted by Gasteiger charge is -2.49. The molecule has 21 heavy (non-hydrogen) atoms. The standard InChI is InChI=1S/C19H31NO/c1-15(2)17-9-11-19(14-20,12-10-17)18(3,21)13-16-7-5-4-6-8-16/h4-8,15,17,21H,9-14,20H2,1-3H3. The highest BCUT2D eigenvalue weighted by Gasteiger charge is 2.47. The van der Waals surface area contributed by atoms with E-state index in [0.29, 0.717) is 13.0 Å². The molecule has 0 heterocycles. The lowest BCUT2D eigenvalue weighted by molar-refractivity contribution is -0.0935. The Hall–Kier alpha value is -0.860. The van der Waals surface area contributed by atoms with Gasteiger partial charge in [-0.1, -0.05) is 44.2 Å². The Balaban J connectivity index is 2.12. The highest BCUT2D eigenvalue weighted by molar-refractivity contribution is 5.18. The van der Waals surface area contributed by atoms with Crippen LogP contribution in [0.3, 0.4) is 0 Å². The molecule has 2 heteroatoms. The second-order valence-corrected chi connectivity index (χ2v) is 7.50. The van der Waals surface area contributed by atoms with Gasteiger partial charge in [0.25, 0.3) is 0 Å². The Kier molecular flexibility index (Phi) is 5.11. The molecular formula is C19H31NO. The Labute approximate surface area is 129 Å². The second-order valence-electron chi connectivity index (χ2n) is 7.50. The number of rotatable bonds is 5. The van der Waals surface area contributed by atoms with Crippen molar-refractivity contribution >= 4 is 0 Å². The van der Waals surface area contributed by atoms with Gasteiger partial charge in [0.15, 0.2) is 0 Å². The zero-order valence-corrected chi connectivity index (χ0v) is 13.8. The minimum atomic E-state index is -0.731. The molecule has 118 valence electrons. The average molecular weight is 289 g/mol. The topological polar surface area (TPSA) is 46.2 Å². The Morgan fingerprint density at radius 2 is 1.81 bits per heavy atom. The van der Waals surface area contributed by atoms with Gasteiger partial charge >= 0.3 is 0 Å². The van der Waals surface area contributed by atoms with Crippen LogP contribution in [0.5, 0.6) is 0 Å². The summed E-state index contributed by atoms with van der Waals surface area (Å²) >= 11 is 0. The first-order valence-electron chi connectivity index (χ1n) is 8.36. The van der Waals surface area contributed by atoms with Gasteiger partial charge in [-0.2, -0.15) is 0 Å². The van der Waals surface area contributed by atoms with E-state index in [9.17, 15) is 5.11 Å². The van der Waals surface area contributed by atoms with E-state index in [2.05, 4.69) is 26.0 Å². The molecule has 1 aliphatic rings. The molecule has 1 saturated carbocycles. The maximum absolute atomic E-state index is 11.2. The Morgan fingerprint density at radius 3 is 2.29 bits per heavy atom. The van der Waals surface area contributed by atoms with Gasteiger partial charge < -0.3 is 10.8 Å². The van der Waals surface area contributed by atoms with Crippen LogP contribution in [0, 0.1) is 17.3 Å². The summed E-state index contributed by atoms with van der Waals surface area (Å²) in [5, 5.41) is 11.2. The molecule has 0 spiro atoms. The third-order valence-electron chi connectivity index (χ3n) is 5.85. The summed E-state index contributed by atoms with van der Waals surface area (Å²) in [5.41, 5.74) is 6.47. The molecule has 2 rings (SSSR count). The quantitative estimate of drug-likeness (QED) is 0.866. The van der Waals surface area contributed by atoms with E-state index in [1.54, 1.807) is 0 Å². The molecule has 0 radical (unpaired) electrons. The van der Waals surface area contributed by atoms with Crippen LogP contribution in [-0.2, 0) is 6.42 Å². The molecule has 1 aliphatic carbocycles. The van der Waals surface area contributed by atoms with Crippen molar-refractivity contribution in [3.63, 3.8) is 0 Å². The van der Waals surface area contributed by atoms with E-state index in [0.717, 1.165) is 24.7 Å². The molecule has 1 aromatic carbocycles. The summed E-state index contributed by atoms with van der Waals surface area (Å²) in [6, 6.07) is 10.3. The maximum Gasteiger partial charge on any atom is 0.0727 e. The van der Waals surface area contributed by atoms with Crippen LogP contribution in [0.4, 0.5) is 0 Å². The van der Waals surface area contributed by atoms with Gasteiger partial charge in [-0.05, 0) is 50.0 Å². The molecule has 1 fully saturated rings. The van der Waals surface area contributed by atoms with Crippen LogP contribution in [0.2, 0.25) is 0 Å². The van der Waals surface area contributed by atoms with Gasteiger partial charge in [-0.3, -0.25) is 0 Å². The van der Waals surface area contributed by atoms with Crippen molar-refractivity contribution in [2.75, 3.05) is 6.54 Å². The fourth-order valence-corrected chi connectivity index (χ4v) is 4.00. The van der Waals surface area contributed by atoms with Gasteiger partial charge in [0.1, 0.15) is 0 Å². The van der Waals surface area contributed by atoms with E-state index in [4.69, 9.17) is 5.73 Å². The minimum Gasteiger partial charge on any atom is -0.389 e. The van der Waals surface area contributed by atoms with Crippen molar-refractivity contribution in [2.45, 2.75) is 58.5 Å². The van der Waals surface area contributed by atoms with Crippen LogP contribution >= 0.6 is 0 Å². The third-order valence-corrected chi connectivity index (χ3v) is 5.85. The second kappa shape index (κ2) is 6.50. The molecule has 0 aromatic heterocycles. The smallest absolute Gasteiger partial charge is 0.0727 e. The van der Waals surface area contributed by atoms with Crippen molar-refractivity contribution in [1.82, 2.24) is 0 Å². The summed E-state index contributed by atoms with van der Waals surface area (Å²) in [4.78, 5) is 0. The highest BCUT2D eigenvalue weighted by Crippen LogP contribution is 2.48. The van der Waals surface area contributed by atoms with Gasteiger partial charge in [0, 0.05) is 18.4 Å². The fourth-order valence-electron chi connectivity index (χ4n) is 4.00. The van der Waals surface area contributed by atoms with Crippen molar-refractivity contribution < 1.29 is 5.11 Å². The van der Waals surface area contributed by atoms with Gasteiger partial charge in [-0.15, -0.1) is 0 Å². The third kappa shape index (κ3) is 3.49. The van der Waals surface area contributed by atoms with Crippen molar-refractivity contribution in [1.29, 1.82) is 0 Å². The molecule has 0 bridgehead atoms. The highest BCUT2D eigenvalue weighted by atomic mass is 16.3. The monoisotopic (exact) mass is 289 g/mol. The molecule has 0 aliphatic heterocycles. The predicted octanol–water partition coefficient (Wildman–Crippen LogP) is 3.77. The number of benzene rings is 1.